The van der Waals surface area contributed by atoms with Gasteiger partial charge in [-0.2, -0.15) is 0 Å². The molecule has 0 atom stereocenters. The molecule has 0 spiro atoms. The summed E-state index contributed by atoms with van der Waals surface area (Å²) in [4.78, 5) is 15.9. The van der Waals surface area contributed by atoms with Crippen LogP contribution in [0.2, 0.25) is 0 Å². The van der Waals surface area contributed by atoms with Crippen LogP contribution in [-0.4, -0.2) is 32.4 Å². The maximum atomic E-state index is 12.6. The molecule has 3 aromatic carbocycles. The average Bonchev–Trinajstić information content (AvgIpc) is 3.39. The molecule has 0 unspecified atom stereocenters. The van der Waals surface area contributed by atoms with Crippen molar-refractivity contribution in [2.45, 2.75) is 19.9 Å². The quantitative estimate of drug-likeness (QED) is 0.440. The summed E-state index contributed by atoms with van der Waals surface area (Å²) in [5.74, 6) is -0.102. The van der Waals surface area contributed by atoms with Crippen molar-refractivity contribution in [3.63, 3.8) is 0 Å². The van der Waals surface area contributed by atoms with Crippen molar-refractivity contribution < 1.29 is 4.79 Å². The Morgan fingerprint density at radius 3 is 2.77 bits per heavy atom. The van der Waals surface area contributed by atoms with Crippen molar-refractivity contribution in [2.75, 3.05) is 6.54 Å². The number of aromatic nitrogens is 4. The van der Waals surface area contributed by atoms with E-state index in [1.807, 2.05) is 35.1 Å². The third-order valence-corrected chi connectivity index (χ3v) is 5.58. The molecule has 6 heteroatoms. The van der Waals surface area contributed by atoms with Gasteiger partial charge < -0.3 is 10.3 Å². The highest BCUT2D eigenvalue weighted by molar-refractivity contribution is 5.97. The number of para-hydroxylation sites is 1. The number of hydrogen-bond donors (Lipinski definition) is 2. The van der Waals surface area contributed by atoms with Gasteiger partial charge in [0.2, 0.25) is 0 Å². The standard InChI is InChI=1S/C25H23N5O/c1-17-6-8-18(9-7-17)16-30-24-11-10-19(14-23(24)28-29-30)25(31)26-13-12-20-15-27-22-5-3-2-4-21(20)22/h2-11,14-15,27H,12-13,16H2,1H3,(H,26,31). The number of aromatic amines is 1. The first-order valence-corrected chi connectivity index (χ1v) is 10.4. The Morgan fingerprint density at radius 2 is 1.90 bits per heavy atom. The summed E-state index contributed by atoms with van der Waals surface area (Å²) in [6.07, 6.45) is 2.78. The molecule has 6 nitrogen and oxygen atoms in total. The third-order valence-electron chi connectivity index (χ3n) is 5.58. The van der Waals surface area contributed by atoms with E-state index >= 15 is 0 Å². The Morgan fingerprint density at radius 1 is 1.06 bits per heavy atom. The number of aryl methyl sites for hydroxylation is 1. The zero-order chi connectivity index (χ0) is 21.2. The van der Waals surface area contributed by atoms with Gasteiger partial charge >= 0.3 is 0 Å². The summed E-state index contributed by atoms with van der Waals surface area (Å²) in [6.45, 7) is 3.29. The van der Waals surface area contributed by atoms with Crippen molar-refractivity contribution in [3.8, 4) is 0 Å². The van der Waals surface area contributed by atoms with Crippen molar-refractivity contribution in [1.29, 1.82) is 0 Å². The van der Waals surface area contributed by atoms with Gasteiger partial charge in [0.15, 0.2) is 0 Å². The molecule has 1 amide bonds. The minimum Gasteiger partial charge on any atom is -0.361 e. The Bertz CT molecular complexity index is 1360. The van der Waals surface area contributed by atoms with Gasteiger partial charge in [0.1, 0.15) is 5.52 Å². The van der Waals surface area contributed by atoms with Crippen molar-refractivity contribution in [1.82, 2.24) is 25.3 Å². The molecule has 5 rings (SSSR count). The van der Waals surface area contributed by atoms with Crippen molar-refractivity contribution in [3.05, 3.63) is 95.2 Å². The SMILES string of the molecule is Cc1ccc(Cn2nnc3cc(C(=O)NCCc4c[nH]c5ccccc45)ccc32)cc1. The highest BCUT2D eigenvalue weighted by Gasteiger charge is 2.11. The van der Waals surface area contributed by atoms with Crippen LogP contribution in [0.3, 0.4) is 0 Å². The lowest BCUT2D eigenvalue weighted by Gasteiger charge is -2.06. The monoisotopic (exact) mass is 409 g/mol. The predicted octanol–water partition coefficient (Wildman–Crippen LogP) is 4.24. The number of H-pyrrole nitrogens is 1. The summed E-state index contributed by atoms with van der Waals surface area (Å²) < 4.78 is 1.86. The molecular weight excluding hydrogens is 386 g/mol. The molecule has 0 aliphatic rings. The highest BCUT2D eigenvalue weighted by atomic mass is 16.1. The molecule has 2 aromatic heterocycles. The van der Waals surface area contributed by atoms with E-state index in [0.29, 0.717) is 18.7 Å². The summed E-state index contributed by atoms with van der Waals surface area (Å²) in [6, 6.07) is 22.1. The van der Waals surface area contributed by atoms with Crippen LogP contribution in [0, 0.1) is 6.92 Å². The Balaban J connectivity index is 1.25. The number of rotatable bonds is 6. The molecule has 31 heavy (non-hydrogen) atoms. The highest BCUT2D eigenvalue weighted by Crippen LogP contribution is 2.18. The van der Waals surface area contributed by atoms with Crippen LogP contribution in [0.25, 0.3) is 21.9 Å². The van der Waals surface area contributed by atoms with Crippen LogP contribution < -0.4 is 5.32 Å². The topological polar surface area (TPSA) is 75.6 Å². The summed E-state index contributed by atoms with van der Waals surface area (Å²) in [7, 11) is 0. The number of nitrogens with zero attached hydrogens (tertiary/aromatic N) is 3. The average molecular weight is 409 g/mol. The maximum absolute atomic E-state index is 12.6. The van der Waals surface area contributed by atoms with Crippen LogP contribution >= 0.6 is 0 Å². The second-order valence-electron chi connectivity index (χ2n) is 7.80. The van der Waals surface area contributed by atoms with Gasteiger partial charge in [-0.25, -0.2) is 4.68 Å². The molecule has 2 N–H and O–H groups in total. The third kappa shape index (κ3) is 3.92. The number of hydrogen-bond acceptors (Lipinski definition) is 3. The normalized spacial score (nSPS) is 11.3. The zero-order valence-electron chi connectivity index (χ0n) is 17.3. The lowest BCUT2D eigenvalue weighted by Crippen LogP contribution is -2.25. The lowest BCUT2D eigenvalue weighted by atomic mass is 10.1. The minimum atomic E-state index is -0.102. The van der Waals surface area contributed by atoms with Crippen LogP contribution in [0.1, 0.15) is 27.0 Å². The van der Waals surface area contributed by atoms with Crippen molar-refractivity contribution >= 4 is 27.8 Å². The number of carbonyl (C=O) groups is 1. The molecule has 0 bridgehead atoms. The molecule has 0 aliphatic heterocycles. The molecule has 0 fully saturated rings. The molecule has 0 saturated carbocycles. The van der Waals surface area contributed by atoms with E-state index in [0.717, 1.165) is 28.5 Å². The second-order valence-corrected chi connectivity index (χ2v) is 7.80. The summed E-state index contributed by atoms with van der Waals surface area (Å²) >= 11 is 0. The van der Waals surface area contributed by atoms with Crippen molar-refractivity contribution in [2.24, 2.45) is 0 Å². The van der Waals surface area contributed by atoms with E-state index < -0.39 is 0 Å². The Labute approximate surface area is 179 Å². The number of benzene rings is 3. The van der Waals surface area contributed by atoms with Gasteiger partial charge in [-0.1, -0.05) is 53.2 Å². The van der Waals surface area contributed by atoms with Gasteiger partial charge in [-0.05, 0) is 48.7 Å². The maximum Gasteiger partial charge on any atom is 0.251 e. The smallest absolute Gasteiger partial charge is 0.251 e. The molecule has 154 valence electrons. The van der Waals surface area contributed by atoms with Crippen LogP contribution in [0.15, 0.2) is 72.9 Å². The Hall–Kier alpha value is -3.93. The van der Waals surface area contributed by atoms with E-state index in [4.69, 9.17) is 0 Å². The van der Waals surface area contributed by atoms with Gasteiger partial charge in [0.25, 0.3) is 5.91 Å². The first-order valence-electron chi connectivity index (χ1n) is 10.4. The lowest BCUT2D eigenvalue weighted by molar-refractivity contribution is 0.0954. The second kappa shape index (κ2) is 8.07. The predicted molar refractivity (Wildman–Crippen MR) is 122 cm³/mol. The zero-order valence-corrected chi connectivity index (χ0v) is 17.3. The molecule has 0 radical (unpaired) electrons. The molecule has 5 aromatic rings. The van der Waals surface area contributed by atoms with Gasteiger partial charge in [-0.3, -0.25) is 4.79 Å². The fraction of sp³-hybridized carbons (Fsp3) is 0.160. The molecular formula is C25H23N5O. The van der Waals surface area contributed by atoms with Gasteiger partial charge in [0, 0.05) is 29.2 Å². The van der Waals surface area contributed by atoms with E-state index in [1.54, 1.807) is 6.07 Å². The summed E-state index contributed by atoms with van der Waals surface area (Å²) in [5.41, 5.74) is 6.93. The molecule has 2 heterocycles. The van der Waals surface area contributed by atoms with E-state index in [2.05, 4.69) is 63.9 Å². The van der Waals surface area contributed by atoms with Crippen LogP contribution in [0.4, 0.5) is 0 Å². The van der Waals surface area contributed by atoms with Crippen LogP contribution in [0.5, 0.6) is 0 Å². The molecule has 0 saturated heterocycles. The largest absolute Gasteiger partial charge is 0.361 e. The number of fused-ring (bicyclic) bond motifs is 2. The fourth-order valence-electron chi connectivity index (χ4n) is 3.85. The Kier molecular flexibility index (Phi) is 4.96. The fourth-order valence-corrected chi connectivity index (χ4v) is 3.85. The van der Waals surface area contributed by atoms with E-state index in [-0.39, 0.29) is 5.91 Å². The first-order chi connectivity index (χ1) is 15.2. The van der Waals surface area contributed by atoms with Gasteiger partial charge in [-0.15, -0.1) is 5.10 Å². The van der Waals surface area contributed by atoms with E-state index in [1.165, 1.54) is 16.5 Å². The number of nitrogens with one attached hydrogen (secondary N) is 2. The van der Waals surface area contributed by atoms with Gasteiger partial charge in [0.05, 0.1) is 12.1 Å². The molecule has 0 aliphatic carbocycles. The number of amides is 1. The van der Waals surface area contributed by atoms with E-state index in [9.17, 15) is 4.79 Å². The number of carbonyl (C=O) groups excluding carboxylic acids is 1. The minimum absolute atomic E-state index is 0.102. The van der Waals surface area contributed by atoms with Crippen LogP contribution in [-0.2, 0) is 13.0 Å². The first kappa shape index (κ1) is 19.1. The summed E-state index contributed by atoms with van der Waals surface area (Å²) in [5, 5.41) is 12.7.